The summed E-state index contributed by atoms with van der Waals surface area (Å²) in [5, 5.41) is 0. The number of rotatable bonds is 1. The van der Waals surface area contributed by atoms with Gasteiger partial charge in [-0.3, -0.25) is 0 Å². The van der Waals surface area contributed by atoms with Crippen molar-refractivity contribution in [3.63, 3.8) is 0 Å². The van der Waals surface area contributed by atoms with Crippen molar-refractivity contribution < 1.29 is 44.2 Å². The first kappa shape index (κ1) is 8.63. The van der Waals surface area contributed by atoms with E-state index in [9.17, 15) is 0 Å². The molecule has 0 aromatic carbocycles. The van der Waals surface area contributed by atoms with Crippen LogP contribution in [0.2, 0.25) is 1.78 Å². The first-order valence-electron chi connectivity index (χ1n) is 3.55. The summed E-state index contributed by atoms with van der Waals surface area (Å²) >= 11 is 0.771. The molecule has 0 N–H and O–H groups in total. The van der Waals surface area contributed by atoms with Crippen LogP contribution in [-0.2, 0) is 0 Å². The summed E-state index contributed by atoms with van der Waals surface area (Å²) in [5.74, 6) is 0. The Morgan fingerprint density at radius 2 is 1.78 bits per heavy atom. The van der Waals surface area contributed by atoms with Crippen molar-refractivity contribution in [1.82, 2.24) is 4.90 Å². The SMILES string of the molecule is CC(C)N1CC[Xe]CC1. The van der Waals surface area contributed by atoms with E-state index in [4.69, 9.17) is 0 Å². The molecule has 56 valence electrons. The Morgan fingerprint density at radius 3 is 2.11 bits per heavy atom. The Balaban J connectivity index is 2.23. The van der Waals surface area contributed by atoms with Gasteiger partial charge >= 0.3 is 83.8 Å². The molecule has 1 saturated heterocycles. The Labute approximate surface area is 82.5 Å². The molecule has 2 heteroatoms. The molecular formula is C7H15NXe. The molecule has 1 aliphatic rings. The van der Waals surface area contributed by atoms with E-state index in [1.165, 1.54) is 14.9 Å². The van der Waals surface area contributed by atoms with Crippen LogP contribution in [0, 0.1) is 44.2 Å². The monoisotopic (exact) mass is 245 g/mol. The van der Waals surface area contributed by atoms with E-state index in [-0.39, 0.29) is 0 Å². The van der Waals surface area contributed by atoms with E-state index in [2.05, 4.69) is 18.7 Å². The minimum absolute atomic E-state index is 0.771. The van der Waals surface area contributed by atoms with Crippen molar-refractivity contribution in [2.45, 2.75) is 21.7 Å². The summed E-state index contributed by atoms with van der Waals surface area (Å²) in [6.07, 6.45) is 0. The molecule has 0 aromatic rings. The zero-order valence-electron chi connectivity index (χ0n) is 6.21. The predicted octanol–water partition coefficient (Wildman–Crippen LogP) is 1.63. The zero-order valence-corrected chi connectivity index (χ0v) is 8.22. The van der Waals surface area contributed by atoms with Crippen LogP contribution in [0.1, 0.15) is 13.8 Å². The van der Waals surface area contributed by atoms with Gasteiger partial charge in [0.25, 0.3) is 0 Å². The molecule has 0 unspecified atom stereocenters. The molecule has 1 aliphatic heterocycles. The average molecular weight is 244 g/mol. The minimum atomic E-state index is 0.771. The van der Waals surface area contributed by atoms with Crippen LogP contribution in [0.5, 0.6) is 0 Å². The second-order valence-electron chi connectivity index (χ2n) is 2.66. The quantitative estimate of drug-likeness (QED) is 0.678. The second kappa shape index (κ2) is 4.42. The van der Waals surface area contributed by atoms with Crippen molar-refractivity contribution in [2.75, 3.05) is 13.1 Å². The average Bonchev–Trinajstić information content (AvgIpc) is 1.90. The normalized spacial score (nSPS) is 23.9. The van der Waals surface area contributed by atoms with Crippen molar-refractivity contribution in [3.8, 4) is 0 Å². The van der Waals surface area contributed by atoms with Gasteiger partial charge in [-0.05, 0) is 0 Å². The first-order chi connectivity index (χ1) is 4.30. The molecule has 1 rings (SSSR count). The second-order valence-corrected chi connectivity index (χ2v) is 5.69. The Hall–Kier alpha value is 1.53. The summed E-state index contributed by atoms with van der Waals surface area (Å²) in [6, 6.07) is 0.783. The number of hydrogen-bond acceptors (Lipinski definition) is 1. The van der Waals surface area contributed by atoms with Crippen molar-refractivity contribution >= 4 is 0 Å². The van der Waals surface area contributed by atoms with Crippen molar-refractivity contribution in [2.24, 2.45) is 0 Å². The van der Waals surface area contributed by atoms with Crippen LogP contribution in [-0.4, -0.2) is 24.0 Å². The summed E-state index contributed by atoms with van der Waals surface area (Å²) in [4.78, 5) is 2.58. The van der Waals surface area contributed by atoms with Crippen molar-refractivity contribution in [3.05, 3.63) is 0 Å². The van der Waals surface area contributed by atoms with Gasteiger partial charge in [-0.15, -0.1) is 0 Å². The summed E-state index contributed by atoms with van der Waals surface area (Å²) in [6.45, 7) is 7.33. The van der Waals surface area contributed by atoms with E-state index in [0.717, 1.165) is 50.2 Å². The van der Waals surface area contributed by atoms with Gasteiger partial charge in [-0.2, -0.15) is 0 Å². The van der Waals surface area contributed by atoms with Crippen molar-refractivity contribution in [1.29, 1.82) is 0 Å². The number of hydrogen-bond donors (Lipinski definition) is 0. The molecule has 0 atom stereocenters. The molecule has 0 aromatic heterocycles. The van der Waals surface area contributed by atoms with Crippen LogP contribution in [0.15, 0.2) is 0 Å². The first-order valence-corrected chi connectivity index (χ1v) is 6.40. The van der Waals surface area contributed by atoms with Gasteiger partial charge in [0.1, 0.15) is 0 Å². The molecule has 0 amide bonds. The predicted molar refractivity (Wildman–Crippen MR) is 36.3 cm³/mol. The third-order valence-electron chi connectivity index (χ3n) is 1.71. The van der Waals surface area contributed by atoms with E-state index >= 15 is 0 Å². The molecule has 1 heterocycles. The molecule has 1 nitrogen and oxygen atoms in total. The van der Waals surface area contributed by atoms with E-state index in [0.29, 0.717) is 0 Å². The summed E-state index contributed by atoms with van der Waals surface area (Å²) < 4.78 is 3.01. The van der Waals surface area contributed by atoms with Crippen LogP contribution in [0.4, 0.5) is 0 Å². The maximum absolute atomic E-state index is 2.58. The fourth-order valence-corrected chi connectivity index (χ4v) is 3.33. The molecule has 0 aliphatic carbocycles. The molecule has 1 fully saturated rings. The molecule has 9 heavy (non-hydrogen) atoms. The third kappa shape index (κ3) is 2.95. The maximum atomic E-state index is 2.58. The van der Waals surface area contributed by atoms with E-state index in [1.807, 2.05) is 0 Å². The van der Waals surface area contributed by atoms with Crippen LogP contribution < -0.4 is 0 Å². The van der Waals surface area contributed by atoms with Gasteiger partial charge in [-0.1, -0.05) is 0 Å². The molecular weight excluding hydrogens is 229 g/mol. The zero-order chi connectivity index (χ0) is 6.69. The van der Waals surface area contributed by atoms with E-state index in [1.54, 1.807) is 0 Å². The molecule has 0 saturated carbocycles. The van der Waals surface area contributed by atoms with Gasteiger partial charge in [0.15, 0.2) is 0 Å². The summed E-state index contributed by atoms with van der Waals surface area (Å²) in [7, 11) is 0. The van der Waals surface area contributed by atoms with Crippen LogP contribution in [0.25, 0.3) is 0 Å². The molecule has 0 spiro atoms. The Kier molecular flexibility index (Phi) is 4.23. The van der Waals surface area contributed by atoms with Crippen LogP contribution in [0.3, 0.4) is 0 Å². The van der Waals surface area contributed by atoms with Gasteiger partial charge in [-0.25, -0.2) is 0 Å². The standard InChI is InChI=1S/C7H15NXe/c1-7(2)8-3-5-9-6-4-8/h7H,3-6H2,1-2H3. The summed E-state index contributed by atoms with van der Waals surface area (Å²) in [5.41, 5.74) is 0. The van der Waals surface area contributed by atoms with E-state index < -0.39 is 0 Å². The van der Waals surface area contributed by atoms with Gasteiger partial charge in [0.05, 0.1) is 0 Å². The van der Waals surface area contributed by atoms with Gasteiger partial charge in [0, 0.05) is 0 Å². The molecule has 0 radical (unpaired) electrons. The fourth-order valence-electron chi connectivity index (χ4n) is 1.03. The van der Waals surface area contributed by atoms with Gasteiger partial charge < -0.3 is 0 Å². The number of nitrogens with zero attached hydrogens (tertiary/aromatic N) is 1. The van der Waals surface area contributed by atoms with Gasteiger partial charge in [0.2, 0.25) is 0 Å². The van der Waals surface area contributed by atoms with Crippen LogP contribution >= 0.6 is 0 Å². The Bertz CT molecular complexity index is 77.0. The Morgan fingerprint density at radius 1 is 1.22 bits per heavy atom. The third-order valence-corrected chi connectivity index (χ3v) is 4.04. The topological polar surface area (TPSA) is 3.24 Å². The molecule has 0 bridgehead atoms. The fraction of sp³-hybridized carbons (Fsp3) is 1.00.